The van der Waals surface area contributed by atoms with E-state index in [2.05, 4.69) is 4.74 Å². The first-order chi connectivity index (χ1) is 13.8. The van der Waals surface area contributed by atoms with Gasteiger partial charge in [-0.2, -0.15) is 0 Å². The molecule has 0 radical (unpaired) electrons. The van der Waals surface area contributed by atoms with Crippen molar-refractivity contribution in [3.8, 4) is 5.75 Å². The summed E-state index contributed by atoms with van der Waals surface area (Å²) in [5.74, 6) is -0.949. The number of carbonyl (C=O) groups is 2. The molecule has 2 atom stereocenters. The van der Waals surface area contributed by atoms with Gasteiger partial charge in [0.15, 0.2) is 0 Å². The number of hydrogen-bond acceptors (Lipinski definition) is 4. The fourth-order valence-electron chi connectivity index (χ4n) is 3.77. The topological polar surface area (TPSA) is 55.8 Å². The molecular weight excluding hydrogens is 387 g/mol. The number of halogens is 3. The van der Waals surface area contributed by atoms with Crippen molar-refractivity contribution >= 4 is 11.8 Å². The number of rotatable bonds is 4. The van der Waals surface area contributed by atoms with Gasteiger partial charge in [0.2, 0.25) is 0 Å². The average molecular weight is 405 g/mol. The normalized spacial score (nSPS) is 22.0. The highest BCUT2D eigenvalue weighted by Gasteiger charge is 2.38. The van der Waals surface area contributed by atoms with E-state index in [4.69, 9.17) is 4.74 Å². The molecule has 5 nitrogen and oxygen atoms in total. The molecule has 0 unspecified atom stereocenters. The monoisotopic (exact) mass is 405 g/mol. The Kier molecular flexibility index (Phi) is 5.04. The minimum atomic E-state index is -4.74. The molecule has 0 spiro atoms. The van der Waals surface area contributed by atoms with Crippen molar-refractivity contribution in [3.63, 3.8) is 0 Å². The van der Waals surface area contributed by atoms with Crippen LogP contribution in [0.1, 0.15) is 51.6 Å². The molecule has 29 heavy (non-hydrogen) atoms. The summed E-state index contributed by atoms with van der Waals surface area (Å²) >= 11 is 0. The highest BCUT2D eigenvalue weighted by Crippen LogP contribution is 2.34. The molecule has 1 fully saturated rings. The Balaban J connectivity index is 1.42. The molecule has 2 aliphatic rings. The largest absolute Gasteiger partial charge is 0.573 e. The van der Waals surface area contributed by atoms with Crippen LogP contribution in [0.25, 0.3) is 0 Å². The van der Waals surface area contributed by atoms with E-state index in [1.807, 2.05) is 0 Å². The zero-order valence-electron chi connectivity index (χ0n) is 15.3. The van der Waals surface area contributed by atoms with Crippen molar-refractivity contribution in [1.29, 1.82) is 0 Å². The maximum atomic E-state index is 12.5. The van der Waals surface area contributed by atoms with Crippen LogP contribution in [-0.4, -0.2) is 35.7 Å². The van der Waals surface area contributed by atoms with Crippen LogP contribution in [0, 0.1) is 0 Å². The second-order valence-electron chi connectivity index (χ2n) is 7.06. The Morgan fingerprint density at radius 3 is 2.17 bits per heavy atom. The third-order valence-electron chi connectivity index (χ3n) is 5.10. The van der Waals surface area contributed by atoms with E-state index >= 15 is 0 Å². The molecule has 2 heterocycles. The smallest absolute Gasteiger partial charge is 0.406 e. The number of amides is 2. The SMILES string of the molecule is O=C1c2ccccc2C(=O)N1C[C@H]1CCC[C@@H](c2ccc(OC(F)(F)F)cc2)O1. The number of imide groups is 1. The fraction of sp³-hybridized carbons (Fsp3) is 0.333. The Morgan fingerprint density at radius 1 is 0.966 bits per heavy atom. The molecule has 0 N–H and O–H groups in total. The van der Waals surface area contributed by atoms with Crippen LogP contribution in [0.3, 0.4) is 0 Å². The summed E-state index contributed by atoms with van der Waals surface area (Å²) in [7, 11) is 0. The second-order valence-corrected chi connectivity index (χ2v) is 7.06. The lowest BCUT2D eigenvalue weighted by Gasteiger charge is -2.32. The van der Waals surface area contributed by atoms with Gasteiger partial charge in [-0.05, 0) is 49.1 Å². The van der Waals surface area contributed by atoms with Crippen molar-refractivity contribution < 1.29 is 32.2 Å². The molecule has 8 heteroatoms. The van der Waals surface area contributed by atoms with E-state index in [9.17, 15) is 22.8 Å². The molecule has 2 aromatic rings. The van der Waals surface area contributed by atoms with Crippen molar-refractivity contribution in [2.24, 2.45) is 0 Å². The van der Waals surface area contributed by atoms with Crippen molar-refractivity contribution in [2.45, 2.75) is 37.8 Å². The average Bonchev–Trinajstić information content (AvgIpc) is 2.93. The molecule has 0 aliphatic carbocycles. The summed E-state index contributed by atoms with van der Waals surface area (Å²) in [6, 6.07) is 12.3. The molecule has 2 aliphatic heterocycles. The second kappa shape index (κ2) is 7.51. The first-order valence-electron chi connectivity index (χ1n) is 9.28. The lowest BCUT2D eigenvalue weighted by molar-refractivity contribution is -0.274. The van der Waals surface area contributed by atoms with Crippen molar-refractivity contribution in [3.05, 3.63) is 65.2 Å². The van der Waals surface area contributed by atoms with Crippen LogP contribution in [0.15, 0.2) is 48.5 Å². The number of alkyl halides is 3. The third-order valence-corrected chi connectivity index (χ3v) is 5.10. The van der Waals surface area contributed by atoms with Gasteiger partial charge in [-0.15, -0.1) is 13.2 Å². The van der Waals surface area contributed by atoms with Crippen LogP contribution in [-0.2, 0) is 4.74 Å². The van der Waals surface area contributed by atoms with Gasteiger partial charge in [0.1, 0.15) is 5.75 Å². The van der Waals surface area contributed by atoms with Gasteiger partial charge in [-0.25, -0.2) is 0 Å². The van der Waals surface area contributed by atoms with Gasteiger partial charge in [0, 0.05) is 0 Å². The summed E-state index contributed by atoms with van der Waals surface area (Å²) < 4.78 is 46.8. The zero-order chi connectivity index (χ0) is 20.6. The van der Waals surface area contributed by atoms with Gasteiger partial charge in [-0.1, -0.05) is 24.3 Å². The maximum absolute atomic E-state index is 12.5. The van der Waals surface area contributed by atoms with Crippen molar-refractivity contribution in [2.75, 3.05) is 6.54 Å². The predicted octanol–water partition coefficient (Wildman–Crippen LogP) is 4.49. The Bertz CT molecular complexity index is 891. The van der Waals surface area contributed by atoms with Crippen LogP contribution in [0.2, 0.25) is 0 Å². The number of benzene rings is 2. The number of carbonyl (C=O) groups excluding carboxylic acids is 2. The van der Waals surface area contributed by atoms with E-state index in [-0.39, 0.29) is 36.3 Å². The van der Waals surface area contributed by atoms with Crippen LogP contribution < -0.4 is 4.74 Å². The summed E-state index contributed by atoms with van der Waals surface area (Å²) in [6.45, 7) is 0.151. The quantitative estimate of drug-likeness (QED) is 0.704. The number of hydrogen-bond donors (Lipinski definition) is 0. The summed E-state index contributed by atoms with van der Waals surface area (Å²) in [6.07, 6.45) is -3.16. The highest BCUT2D eigenvalue weighted by molar-refractivity contribution is 6.21. The molecular formula is C21H18F3NO4. The number of ether oxygens (including phenoxy) is 2. The van der Waals surface area contributed by atoms with Crippen LogP contribution in [0.4, 0.5) is 13.2 Å². The summed E-state index contributed by atoms with van der Waals surface area (Å²) in [4.78, 5) is 26.3. The molecule has 2 amide bonds. The van der Waals surface area contributed by atoms with Crippen LogP contribution >= 0.6 is 0 Å². The third kappa shape index (κ3) is 4.12. The zero-order valence-corrected chi connectivity index (χ0v) is 15.3. The van der Waals surface area contributed by atoms with E-state index in [1.165, 1.54) is 29.2 Å². The van der Waals surface area contributed by atoms with Gasteiger partial charge in [0.05, 0.1) is 29.9 Å². The summed E-state index contributed by atoms with van der Waals surface area (Å²) in [5.41, 5.74) is 1.52. The van der Waals surface area contributed by atoms with Gasteiger partial charge in [0.25, 0.3) is 11.8 Å². The lowest BCUT2D eigenvalue weighted by atomic mass is 9.98. The highest BCUT2D eigenvalue weighted by atomic mass is 19.4. The van der Waals surface area contributed by atoms with Crippen LogP contribution in [0.5, 0.6) is 5.75 Å². The van der Waals surface area contributed by atoms with E-state index in [0.717, 1.165) is 12.0 Å². The van der Waals surface area contributed by atoms with Gasteiger partial charge in [-0.3, -0.25) is 14.5 Å². The summed E-state index contributed by atoms with van der Waals surface area (Å²) in [5, 5.41) is 0. The molecule has 1 saturated heterocycles. The van der Waals surface area contributed by atoms with E-state index in [0.29, 0.717) is 24.0 Å². The Morgan fingerprint density at radius 2 is 1.59 bits per heavy atom. The first-order valence-corrected chi connectivity index (χ1v) is 9.28. The predicted molar refractivity (Wildman–Crippen MR) is 96.4 cm³/mol. The van der Waals surface area contributed by atoms with E-state index < -0.39 is 6.36 Å². The molecule has 0 saturated carbocycles. The molecule has 0 aromatic heterocycles. The lowest BCUT2D eigenvalue weighted by Crippen LogP contribution is -2.39. The number of fused-ring (bicyclic) bond motifs is 1. The minimum absolute atomic E-state index is 0.151. The van der Waals surface area contributed by atoms with Gasteiger partial charge >= 0.3 is 6.36 Å². The molecule has 4 rings (SSSR count). The van der Waals surface area contributed by atoms with E-state index in [1.54, 1.807) is 24.3 Å². The molecule has 0 bridgehead atoms. The molecule has 2 aromatic carbocycles. The first kappa shape index (κ1) is 19.4. The standard InChI is InChI=1S/C21H18F3NO4/c22-21(23,24)29-14-10-8-13(9-11-14)18-7-3-4-15(28-18)12-25-19(26)16-5-1-2-6-17(16)20(25)27/h1-2,5-6,8-11,15,18H,3-4,7,12H2/t15-,18+/m1/s1. The van der Waals surface area contributed by atoms with Crippen molar-refractivity contribution in [1.82, 2.24) is 4.90 Å². The minimum Gasteiger partial charge on any atom is -0.406 e. The Hall–Kier alpha value is -2.87. The Labute approximate surface area is 165 Å². The molecule has 152 valence electrons. The maximum Gasteiger partial charge on any atom is 0.573 e. The van der Waals surface area contributed by atoms with Gasteiger partial charge < -0.3 is 9.47 Å². The number of nitrogens with zero attached hydrogens (tertiary/aromatic N) is 1. The fourth-order valence-corrected chi connectivity index (χ4v) is 3.77.